The Bertz CT molecular complexity index is 2210. The molecule has 6 N–H and O–H groups in total. The third kappa shape index (κ3) is 7.99. The summed E-state index contributed by atoms with van der Waals surface area (Å²) in [5.74, 6) is -2.40. The second-order valence-corrected chi connectivity index (χ2v) is 12.5. The molecule has 0 saturated carbocycles. The zero-order chi connectivity index (χ0) is 34.7. The summed E-state index contributed by atoms with van der Waals surface area (Å²) in [6.45, 7) is 1.18. The average molecular weight is 711 g/mol. The van der Waals surface area contributed by atoms with Gasteiger partial charge in [0.1, 0.15) is 32.5 Å². The highest BCUT2D eigenvalue weighted by molar-refractivity contribution is 7.94. The number of rotatable bonds is 11. The van der Waals surface area contributed by atoms with Crippen LogP contribution in [0, 0.1) is 10.1 Å². The van der Waals surface area contributed by atoms with Crippen molar-refractivity contribution in [3.63, 3.8) is 0 Å². The Labute approximate surface area is 266 Å². The molecule has 0 aliphatic heterocycles. The van der Waals surface area contributed by atoms with Crippen molar-refractivity contribution in [2.75, 3.05) is 5.32 Å². The highest BCUT2D eigenvalue weighted by Gasteiger charge is 2.25. The number of phenols is 2. The van der Waals surface area contributed by atoms with Crippen LogP contribution in [0.2, 0.25) is 0 Å². The van der Waals surface area contributed by atoms with Crippen molar-refractivity contribution in [2.24, 2.45) is 20.5 Å². The van der Waals surface area contributed by atoms with Crippen molar-refractivity contribution >= 4 is 83.1 Å². The number of carbonyl (C=O) groups excluding carboxylic acids is 1. The third-order valence-electron chi connectivity index (χ3n) is 5.84. The van der Waals surface area contributed by atoms with Gasteiger partial charge in [0.2, 0.25) is 5.91 Å². The Hall–Kier alpha value is -5.14. The number of hydrogen-bond donors (Lipinski definition) is 6. The quantitative estimate of drug-likeness (QED) is 0.0265. The van der Waals surface area contributed by atoms with E-state index in [0.717, 1.165) is 48.5 Å². The molecular formula is C24H18N6O14S3. The number of benzene rings is 4. The summed E-state index contributed by atoms with van der Waals surface area (Å²) >= 11 is 0.247. The summed E-state index contributed by atoms with van der Waals surface area (Å²) < 4.78 is 71.9. The van der Waals surface area contributed by atoms with E-state index in [4.69, 9.17) is 5.26 Å². The van der Waals surface area contributed by atoms with E-state index in [-0.39, 0.29) is 33.7 Å². The molecule has 0 heterocycles. The number of non-ortho nitro benzene ring substituents is 1. The molecule has 246 valence electrons. The molecule has 0 unspecified atom stereocenters. The minimum Gasteiger partial charge on any atom is -0.505 e. The molecule has 0 aliphatic carbocycles. The fourth-order valence-corrected chi connectivity index (χ4v) is 5.64. The van der Waals surface area contributed by atoms with Gasteiger partial charge in [-0.25, -0.2) is 5.26 Å². The molecule has 4 aromatic rings. The molecule has 4 aromatic carbocycles. The van der Waals surface area contributed by atoms with Crippen LogP contribution in [0.1, 0.15) is 6.92 Å². The molecule has 0 aliphatic rings. The standard InChI is InChI=1S/C24H18N6O14S3/c1-11(31)25-13-3-7-19(46(37,38)39)17(9-13)28-27-16-5-2-12-8-20(47(40,41)42)22(24(33)21(12)23(16)32)29-26-15-6-4-14(30(34)35)10-18(15)45-44-43-36/h2-10,32-33,36H,1H3,(H,25,31)(H,37,38,39)(H,40,41,42). The van der Waals surface area contributed by atoms with Gasteiger partial charge < -0.3 is 15.5 Å². The van der Waals surface area contributed by atoms with Crippen molar-refractivity contribution in [1.29, 1.82) is 0 Å². The van der Waals surface area contributed by atoms with Gasteiger partial charge in [0.05, 0.1) is 27.2 Å². The summed E-state index contributed by atoms with van der Waals surface area (Å²) in [6.07, 6.45) is 0. The Balaban J connectivity index is 1.88. The number of aromatic hydroxyl groups is 2. The van der Waals surface area contributed by atoms with Crippen molar-refractivity contribution < 1.29 is 60.5 Å². The second-order valence-electron chi connectivity index (χ2n) is 8.95. The van der Waals surface area contributed by atoms with Gasteiger partial charge in [-0.1, -0.05) is 11.1 Å². The molecule has 20 nitrogen and oxygen atoms in total. The van der Waals surface area contributed by atoms with Gasteiger partial charge in [-0.2, -0.15) is 16.8 Å². The number of nitro groups is 1. The van der Waals surface area contributed by atoms with E-state index in [9.17, 15) is 51.1 Å². The Morgan fingerprint density at radius 2 is 1.49 bits per heavy atom. The van der Waals surface area contributed by atoms with Gasteiger partial charge in [-0.15, -0.1) is 24.8 Å². The van der Waals surface area contributed by atoms with Crippen LogP contribution in [-0.2, 0) is 34.4 Å². The first-order valence-corrected chi connectivity index (χ1v) is 15.8. The number of carbonyl (C=O) groups is 1. The van der Waals surface area contributed by atoms with E-state index in [1.807, 2.05) is 0 Å². The minimum absolute atomic E-state index is 0.0806. The number of nitrogens with zero attached hydrogens (tertiary/aromatic N) is 5. The smallest absolute Gasteiger partial charge is 0.296 e. The number of phenolic OH excluding ortho intramolecular Hbond substituents is 2. The fraction of sp³-hybridized carbons (Fsp3) is 0.0417. The highest BCUT2D eigenvalue weighted by atomic mass is 32.2. The van der Waals surface area contributed by atoms with Crippen molar-refractivity contribution in [2.45, 2.75) is 21.6 Å². The molecule has 4 rings (SSSR count). The van der Waals surface area contributed by atoms with E-state index < -0.39 is 80.5 Å². The molecule has 47 heavy (non-hydrogen) atoms. The molecule has 1 amide bonds. The number of anilines is 1. The van der Waals surface area contributed by atoms with Crippen LogP contribution in [0.4, 0.5) is 34.1 Å². The van der Waals surface area contributed by atoms with Crippen molar-refractivity contribution in [3.05, 3.63) is 64.7 Å². The first-order valence-electron chi connectivity index (χ1n) is 12.2. The number of nitro benzene ring substituents is 1. The van der Waals surface area contributed by atoms with Crippen LogP contribution in [0.3, 0.4) is 0 Å². The van der Waals surface area contributed by atoms with E-state index in [1.165, 1.54) is 13.0 Å². The lowest BCUT2D eigenvalue weighted by molar-refractivity contribution is -0.432. The number of amides is 1. The average Bonchev–Trinajstić information content (AvgIpc) is 2.97. The van der Waals surface area contributed by atoms with Crippen LogP contribution in [0.25, 0.3) is 10.8 Å². The van der Waals surface area contributed by atoms with Gasteiger partial charge in [0, 0.05) is 24.7 Å². The van der Waals surface area contributed by atoms with Crippen LogP contribution in [0.15, 0.2) is 89.7 Å². The zero-order valence-corrected chi connectivity index (χ0v) is 25.5. The van der Waals surface area contributed by atoms with Crippen LogP contribution in [-0.4, -0.2) is 52.2 Å². The molecule has 23 heteroatoms. The van der Waals surface area contributed by atoms with Gasteiger partial charge in [-0.3, -0.25) is 24.0 Å². The number of nitrogens with one attached hydrogen (secondary N) is 1. The monoisotopic (exact) mass is 710 g/mol. The highest BCUT2D eigenvalue weighted by Crippen LogP contribution is 2.48. The number of fused-ring (bicyclic) bond motifs is 1. The lowest BCUT2D eigenvalue weighted by atomic mass is 10.1. The fourth-order valence-electron chi connectivity index (χ4n) is 3.91. The molecule has 0 atom stereocenters. The molecule has 0 aromatic heterocycles. The number of hydrogen-bond acceptors (Lipinski definition) is 17. The topological polar surface area (TPSA) is 310 Å². The minimum atomic E-state index is -5.11. The second kappa shape index (κ2) is 13.7. The lowest BCUT2D eigenvalue weighted by Gasteiger charge is -2.11. The van der Waals surface area contributed by atoms with E-state index in [2.05, 4.69) is 35.1 Å². The first-order chi connectivity index (χ1) is 22.0. The van der Waals surface area contributed by atoms with E-state index in [1.54, 1.807) is 0 Å². The number of azo groups is 2. The van der Waals surface area contributed by atoms with Gasteiger partial charge in [0.25, 0.3) is 25.9 Å². The maximum Gasteiger partial charge on any atom is 0.296 e. The van der Waals surface area contributed by atoms with E-state index in [0.29, 0.717) is 0 Å². The lowest BCUT2D eigenvalue weighted by Crippen LogP contribution is -2.06. The summed E-state index contributed by atoms with van der Waals surface area (Å²) in [6, 6.07) is 9.20. The van der Waals surface area contributed by atoms with Crippen molar-refractivity contribution in [3.8, 4) is 11.5 Å². The van der Waals surface area contributed by atoms with Crippen molar-refractivity contribution in [1.82, 2.24) is 0 Å². The summed E-state index contributed by atoms with van der Waals surface area (Å²) in [7, 11) is -9.95. The molecule has 0 spiro atoms. The molecule has 0 bridgehead atoms. The normalized spacial score (nSPS) is 12.3. The summed E-state index contributed by atoms with van der Waals surface area (Å²) in [4.78, 5) is 19.9. The Morgan fingerprint density at radius 3 is 2.11 bits per heavy atom. The van der Waals surface area contributed by atoms with E-state index >= 15 is 0 Å². The summed E-state index contributed by atoms with van der Waals surface area (Å²) in [5.41, 5.74) is -2.40. The molecule has 0 saturated heterocycles. The maximum atomic E-state index is 12.2. The SMILES string of the molecule is CC(=O)Nc1ccc(S(=O)(=O)O)c(N=Nc2ccc3cc(S(=O)(=O)O)c(N=Nc4ccc([N+](=O)[O-])cc4SOOO)c(O)c3c2O)c1. The predicted molar refractivity (Wildman–Crippen MR) is 160 cm³/mol. The first kappa shape index (κ1) is 34.7. The maximum absolute atomic E-state index is 12.2. The van der Waals surface area contributed by atoms with Crippen LogP contribution < -0.4 is 5.32 Å². The van der Waals surface area contributed by atoms with Crippen LogP contribution in [0.5, 0.6) is 11.5 Å². The Morgan fingerprint density at radius 1 is 0.851 bits per heavy atom. The Kier molecular flexibility index (Phi) is 10.1. The predicted octanol–water partition coefficient (Wildman–Crippen LogP) is 5.87. The van der Waals surface area contributed by atoms with Gasteiger partial charge in [0.15, 0.2) is 11.5 Å². The van der Waals surface area contributed by atoms with Gasteiger partial charge >= 0.3 is 0 Å². The third-order valence-corrected chi connectivity index (χ3v) is 8.24. The largest absolute Gasteiger partial charge is 0.505 e. The molecule has 0 radical (unpaired) electrons. The zero-order valence-electron chi connectivity index (χ0n) is 23.1. The summed E-state index contributed by atoms with van der Waals surface area (Å²) in [5, 5.41) is 61.8. The molecule has 0 fully saturated rings. The molecular weight excluding hydrogens is 692 g/mol. The van der Waals surface area contributed by atoms with Gasteiger partial charge in [-0.05, 0) is 41.8 Å². The van der Waals surface area contributed by atoms with Crippen LogP contribution >= 0.6 is 12.0 Å².